The van der Waals surface area contributed by atoms with Crippen LogP contribution in [0.1, 0.15) is 41.8 Å². The van der Waals surface area contributed by atoms with E-state index in [4.69, 9.17) is 17.0 Å². The van der Waals surface area contributed by atoms with Crippen molar-refractivity contribution in [2.45, 2.75) is 39.0 Å². The van der Waals surface area contributed by atoms with E-state index < -0.39 is 10.0 Å². The molecular weight excluding hydrogens is 494 g/mol. The zero-order chi connectivity index (χ0) is 26.3. The fourth-order valence-corrected chi connectivity index (χ4v) is 4.67. The SMILES string of the molecule is Cc1ccc(NS(=O)(=O)c2ccc(NC(=S)NC(=O)c3cccc(OCCC(C)C)c3)cc2)c(C)c1. The van der Waals surface area contributed by atoms with Crippen LogP contribution in [0.15, 0.2) is 71.6 Å². The molecule has 0 fully saturated rings. The highest BCUT2D eigenvalue weighted by Gasteiger charge is 2.16. The van der Waals surface area contributed by atoms with Crippen LogP contribution >= 0.6 is 12.2 Å². The molecule has 3 aromatic rings. The van der Waals surface area contributed by atoms with E-state index in [1.165, 1.54) is 12.1 Å². The van der Waals surface area contributed by atoms with Crippen LogP contribution < -0.4 is 20.1 Å². The van der Waals surface area contributed by atoms with E-state index in [0.717, 1.165) is 17.5 Å². The van der Waals surface area contributed by atoms with Crippen LogP contribution in [-0.4, -0.2) is 26.0 Å². The zero-order valence-electron chi connectivity index (χ0n) is 20.8. The van der Waals surface area contributed by atoms with Crippen molar-refractivity contribution in [2.24, 2.45) is 5.92 Å². The Hall–Kier alpha value is -3.43. The number of aryl methyl sites for hydroxylation is 2. The van der Waals surface area contributed by atoms with Crippen molar-refractivity contribution < 1.29 is 17.9 Å². The van der Waals surface area contributed by atoms with Gasteiger partial charge in [0.1, 0.15) is 5.75 Å². The first-order valence-corrected chi connectivity index (χ1v) is 13.5. The molecule has 0 aliphatic heterocycles. The Morgan fingerprint density at radius 1 is 1.00 bits per heavy atom. The number of hydrogen-bond acceptors (Lipinski definition) is 5. The molecule has 3 aromatic carbocycles. The molecule has 0 saturated carbocycles. The average molecular weight is 526 g/mol. The van der Waals surface area contributed by atoms with Crippen molar-refractivity contribution in [3.05, 3.63) is 83.4 Å². The smallest absolute Gasteiger partial charge is 0.261 e. The number of ether oxygens (including phenoxy) is 1. The Kier molecular flexibility index (Phi) is 9.06. The molecule has 9 heteroatoms. The minimum absolute atomic E-state index is 0.0927. The highest BCUT2D eigenvalue weighted by atomic mass is 32.2. The van der Waals surface area contributed by atoms with Crippen molar-refractivity contribution in [2.75, 3.05) is 16.6 Å². The highest BCUT2D eigenvalue weighted by molar-refractivity contribution is 7.92. The Bertz CT molecular complexity index is 1340. The van der Waals surface area contributed by atoms with Crippen LogP contribution in [0.4, 0.5) is 11.4 Å². The third kappa shape index (κ3) is 7.79. The van der Waals surface area contributed by atoms with Crippen molar-refractivity contribution in [1.82, 2.24) is 5.32 Å². The quantitative estimate of drug-likeness (QED) is 0.312. The van der Waals surface area contributed by atoms with Crippen LogP contribution in [-0.2, 0) is 10.0 Å². The van der Waals surface area contributed by atoms with E-state index in [-0.39, 0.29) is 15.9 Å². The van der Waals surface area contributed by atoms with Gasteiger partial charge in [-0.05, 0) is 92.5 Å². The first kappa shape index (κ1) is 27.2. The maximum absolute atomic E-state index is 12.8. The van der Waals surface area contributed by atoms with Gasteiger partial charge in [-0.1, -0.05) is 37.6 Å². The predicted molar refractivity (Wildman–Crippen MR) is 148 cm³/mol. The number of carbonyl (C=O) groups is 1. The lowest BCUT2D eigenvalue weighted by molar-refractivity contribution is 0.0977. The molecule has 0 saturated heterocycles. The molecule has 3 N–H and O–H groups in total. The van der Waals surface area contributed by atoms with Gasteiger partial charge in [0.25, 0.3) is 15.9 Å². The molecule has 0 aromatic heterocycles. The summed E-state index contributed by atoms with van der Waals surface area (Å²) < 4.78 is 33.9. The van der Waals surface area contributed by atoms with Crippen molar-refractivity contribution in [1.29, 1.82) is 0 Å². The molecule has 1 amide bonds. The molecular formula is C27H31N3O4S2. The maximum atomic E-state index is 12.8. The van der Waals surface area contributed by atoms with Crippen LogP contribution in [0, 0.1) is 19.8 Å². The number of hydrogen-bond donors (Lipinski definition) is 3. The first-order valence-electron chi connectivity index (χ1n) is 11.6. The van der Waals surface area contributed by atoms with E-state index in [2.05, 4.69) is 29.2 Å². The van der Waals surface area contributed by atoms with E-state index in [0.29, 0.717) is 35.2 Å². The lowest BCUT2D eigenvalue weighted by atomic mass is 10.1. The lowest BCUT2D eigenvalue weighted by Gasteiger charge is -2.13. The molecule has 190 valence electrons. The molecule has 7 nitrogen and oxygen atoms in total. The molecule has 36 heavy (non-hydrogen) atoms. The van der Waals surface area contributed by atoms with E-state index in [1.54, 1.807) is 42.5 Å². The van der Waals surface area contributed by atoms with Gasteiger partial charge in [-0.2, -0.15) is 0 Å². The summed E-state index contributed by atoms with van der Waals surface area (Å²) in [6, 6.07) is 18.5. The number of sulfonamides is 1. The molecule has 0 atom stereocenters. The fraction of sp³-hybridized carbons (Fsp3) is 0.259. The highest BCUT2D eigenvalue weighted by Crippen LogP contribution is 2.22. The van der Waals surface area contributed by atoms with E-state index in [1.807, 2.05) is 26.0 Å². The van der Waals surface area contributed by atoms with Gasteiger partial charge in [-0.3, -0.25) is 14.8 Å². The van der Waals surface area contributed by atoms with Gasteiger partial charge in [0.15, 0.2) is 5.11 Å². The minimum atomic E-state index is -3.76. The number of carbonyl (C=O) groups excluding carboxylic acids is 1. The van der Waals surface area contributed by atoms with Gasteiger partial charge in [-0.25, -0.2) is 8.42 Å². The average Bonchev–Trinajstić information content (AvgIpc) is 2.81. The number of thiocarbonyl (C=S) groups is 1. The topological polar surface area (TPSA) is 96.5 Å². The molecule has 0 aliphatic carbocycles. The molecule has 0 aliphatic rings. The maximum Gasteiger partial charge on any atom is 0.261 e. The summed E-state index contributed by atoms with van der Waals surface area (Å²) >= 11 is 5.26. The molecule has 3 rings (SSSR count). The monoisotopic (exact) mass is 525 g/mol. The summed E-state index contributed by atoms with van der Waals surface area (Å²) in [5, 5.41) is 5.62. The van der Waals surface area contributed by atoms with Gasteiger partial charge in [0.2, 0.25) is 0 Å². The van der Waals surface area contributed by atoms with Crippen LogP contribution in [0.25, 0.3) is 0 Å². The van der Waals surface area contributed by atoms with Crippen LogP contribution in [0.3, 0.4) is 0 Å². The number of amides is 1. The second-order valence-electron chi connectivity index (χ2n) is 8.92. The van der Waals surface area contributed by atoms with Crippen molar-refractivity contribution >= 4 is 44.6 Å². The second kappa shape index (κ2) is 12.0. The Balaban J connectivity index is 1.58. The number of rotatable bonds is 9. The molecule has 0 spiro atoms. The number of benzene rings is 3. The first-order chi connectivity index (χ1) is 17.0. The number of nitrogens with one attached hydrogen (secondary N) is 3. The molecule has 0 bridgehead atoms. The normalized spacial score (nSPS) is 11.1. The summed E-state index contributed by atoms with van der Waals surface area (Å²) in [4.78, 5) is 12.7. The molecule has 0 radical (unpaired) electrons. The van der Waals surface area contributed by atoms with Gasteiger partial charge in [0.05, 0.1) is 17.2 Å². The number of anilines is 2. The second-order valence-corrected chi connectivity index (χ2v) is 11.0. The lowest BCUT2D eigenvalue weighted by Crippen LogP contribution is -2.34. The summed E-state index contributed by atoms with van der Waals surface area (Å²) in [6.45, 7) is 8.62. The van der Waals surface area contributed by atoms with E-state index in [9.17, 15) is 13.2 Å². The zero-order valence-corrected chi connectivity index (χ0v) is 22.4. The van der Waals surface area contributed by atoms with Crippen LogP contribution in [0.2, 0.25) is 0 Å². The summed E-state index contributed by atoms with van der Waals surface area (Å²) in [5.41, 5.74) is 3.37. The Labute approximate surface area is 218 Å². The minimum Gasteiger partial charge on any atom is -0.494 e. The standard InChI is InChI=1S/C27H31N3O4S2/c1-18(2)14-15-34-23-7-5-6-21(17-23)26(31)29-27(35)28-22-9-11-24(12-10-22)36(32,33)30-25-13-8-19(3)16-20(25)4/h5-13,16-18,30H,14-15H2,1-4H3,(H2,28,29,31,35). The van der Waals surface area contributed by atoms with Crippen LogP contribution in [0.5, 0.6) is 5.75 Å². The van der Waals surface area contributed by atoms with Gasteiger partial charge >= 0.3 is 0 Å². The van der Waals surface area contributed by atoms with Crippen molar-refractivity contribution in [3.63, 3.8) is 0 Å². The summed E-state index contributed by atoms with van der Waals surface area (Å²) in [6.07, 6.45) is 0.923. The Morgan fingerprint density at radius 3 is 2.39 bits per heavy atom. The molecule has 0 unspecified atom stereocenters. The molecule has 0 heterocycles. The van der Waals surface area contributed by atoms with Gasteiger partial charge in [-0.15, -0.1) is 0 Å². The summed E-state index contributed by atoms with van der Waals surface area (Å²) in [5.74, 6) is 0.773. The third-order valence-electron chi connectivity index (χ3n) is 5.34. The van der Waals surface area contributed by atoms with E-state index >= 15 is 0 Å². The summed E-state index contributed by atoms with van der Waals surface area (Å²) in [7, 11) is -3.76. The Morgan fingerprint density at radius 2 is 1.72 bits per heavy atom. The largest absolute Gasteiger partial charge is 0.494 e. The van der Waals surface area contributed by atoms with Gasteiger partial charge < -0.3 is 10.1 Å². The van der Waals surface area contributed by atoms with Crippen molar-refractivity contribution in [3.8, 4) is 5.75 Å². The van der Waals surface area contributed by atoms with Gasteiger partial charge in [0, 0.05) is 11.3 Å². The predicted octanol–water partition coefficient (Wildman–Crippen LogP) is 5.66. The third-order valence-corrected chi connectivity index (χ3v) is 6.92. The fourth-order valence-electron chi connectivity index (χ4n) is 3.33.